The van der Waals surface area contributed by atoms with Gasteiger partial charge in [-0.1, -0.05) is 33.6 Å². The Kier molecular flexibility index (Phi) is 4.29. The van der Waals surface area contributed by atoms with Crippen molar-refractivity contribution in [1.82, 2.24) is 9.97 Å². The van der Waals surface area contributed by atoms with Crippen molar-refractivity contribution in [3.05, 3.63) is 45.2 Å². The number of aromatic nitrogens is 2. The Morgan fingerprint density at radius 3 is 2.53 bits per heavy atom. The van der Waals surface area contributed by atoms with Gasteiger partial charge in [-0.3, -0.25) is 4.72 Å². The minimum Gasteiger partial charge on any atom is -0.263 e. The molecular weight excluding hydrogens is 377 g/mol. The molecule has 0 bridgehead atoms. The fourth-order valence-corrected chi connectivity index (χ4v) is 3.27. The summed E-state index contributed by atoms with van der Waals surface area (Å²) in [6, 6.07) is 7.52. The molecule has 9 heteroatoms. The molecule has 0 atom stereocenters. The molecule has 0 fully saturated rings. The van der Waals surface area contributed by atoms with Crippen LogP contribution in [0.4, 0.5) is 5.82 Å². The lowest BCUT2D eigenvalue weighted by Gasteiger charge is -2.07. The van der Waals surface area contributed by atoms with E-state index in [0.29, 0.717) is 4.47 Å². The number of hydrogen-bond acceptors (Lipinski definition) is 4. The first-order valence-corrected chi connectivity index (χ1v) is 7.88. The van der Waals surface area contributed by atoms with Gasteiger partial charge in [0.25, 0.3) is 10.0 Å². The van der Waals surface area contributed by atoms with Crippen LogP contribution in [0.25, 0.3) is 0 Å². The molecule has 0 aliphatic rings. The number of hydrogen-bond donors (Lipinski definition) is 1. The van der Waals surface area contributed by atoms with Crippen molar-refractivity contribution >= 4 is 55.0 Å². The summed E-state index contributed by atoms with van der Waals surface area (Å²) in [6.07, 6.45) is 0. The average Bonchev–Trinajstić information content (AvgIpc) is 2.26. The van der Waals surface area contributed by atoms with Gasteiger partial charge in [-0.2, -0.15) is 4.98 Å². The van der Waals surface area contributed by atoms with Gasteiger partial charge in [-0.15, -0.1) is 0 Å². The summed E-state index contributed by atoms with van der Waals surface area (Å²) in [5.41, 5.74) is 0. The number of halogens is 3. The molecule has 19 heavy (non-hydrogen) atoms. The molecule has 1 heterocycles. The van der Waals surface area contributed by atoms with Gasteiger partial charge >= 0.3 is 0 Å². The van der Waals surface area contributed by atoms with Gasteiger partial charge in [0.05, 0.1) is 4.90 Å². The number of nitrogens with one attached hydrogen (secondary N) is 1. The molecule has 0 radical (unpaired) electrons. The van der Waals surface area contributed by atoms with E-state index in [1.165, 1.54) is 18.2 Å². The molecule has 2 rings (SSSR count). The minimum absolute atomic E-state index is 0.00461. The molecule has 100 valence electrons. The predicted molar refractivity (Wildman–Crippen MR) is 77.0 cm³/mol. The van der Waals surface area contributed by atoms with Gasteiger partial charge in [-0.25, -0.2) is 13.4 Å². The predicted octanol–water partition coefficient (Wildman–Crippen LogP) is 3.35. The van der Waals surface area contributed by atoms with Crippen molar-refractivity contribution < 1.29 is 8.42 Å². The van der Waals surface area contributed by atoms with E-state index in [1.54, 1.807) is 12.1 Å². The molecule has 0 spiro atoms. The van der Waals surface area contributed by atoms with Crippen LogP contribution in [-0.2, 0) is 10.0 Å². The molecule has 0 amide bonds. The van der Waals surface area contributed by atoms with E-state index in [-0.39, 0.29) is 21.2 Å². The van der Waals surface area contributed by atoms with Crippen molar-refractivity contribution in [2.24, 2.45) is 0 Å². The number of benzene rings is 1. The lowest BCUT2D eigenvalue weighted by atomic mass is 10.4. The van der Waals surface area contributed by atoms with Crippen LogP contribution in [0.15, 0.2) is 39.7 Å². The standard InChI is InChI=1S/C10H6BrCl2N3O2S/c11-6-2-1-3-7(4-6)19(17,18)16-9-5-8(12)14-10(13)15-9/h1-5H,(H,14,15,16). The molecule has 5 nitrogen and oxygen atoms in total. The first-order chi connectivity index (χ1) is 8.87. The molecule has 0 saturated carbocycles. The van der Waals surface area contributed by atoms with E-state index in [1.807, 2.05) is 0 Å². The minimum atomic E-state index is -3.76. The normalized spacial score (nSPS) is 11.3. The molecule has 0 aliphatic carbocycles. The second-order valence-corrected chi connectivity index (χ2v) is 6.73. The first kappa shape index (κ1) is 14.5. The number of nitrogens with zero attached hydrogens (tertiary/aromatic N) is 2. The highest BCUT2D eigenvalue weighted by molar-refractivity contribution is 9.10. The fourth-order valence-electron chi connectivity index (χ4n) is 1.27. The zero-order valence-electron chi connectivity index (χ0n) is 9.14. The van der Waals surface area contributed by atoms with Gasteiger partial charge in [-0.05, 0) is 29.8 Å². The van der Waals surface area contributed by atoms with Crippen molar-refractivity contribution in [2.45, 2.75) is 4.90 Å². The zero-order chi connectivity index (χ0) is 14.0. The maximum atomic E-state index is 12.1. The Hall–Kier alpha value is -0.890. The monoisotopic (exact) mass is 381 g/mol. The second-order valence-electron chi connectivity index (χ2n) is 3.41. The third kappa shape index (κ3) is 3.79. The summed E-state index contributed by atoms with van der Waals surface area (Å²) < 4.78 is 27.1. The molecular formula is C10H6BrCl2N3O2S. The van der Waals surface area contributed by atoms with Crippen molar-refractivity contribution in [3.63, 3.8) is 0 Å². The Bertz CT molecular complexity index is 704. The summed E-state index contributed by atoms with van der Waals surface area (Å²) in [5.74, 6) is 0.00461. The zero-order valence-corrected chi connectivity index (χ0v) is 13.1. The highest BCUT2D eigenvalue weighted by Crippen LogP contribution is 2.20. The second kappa shape index (κ2) is 5.62. The summed E-state index contributed by atoms with van der Waals surface area (Å²) >= 11 is 14.5. The molecule has 1 N–H and O–H groups in total. The summed E-state index contributed by atoms with van der Waals surface area (Å²) in [4.78, 5) is 7.45. The van der Waals surface area contributed by atoms with E-state index in [9.17, 15) is 8.42 Å². The van der Waals surface area contributed by atoms with Crippen LogP contribution in [0.3, 0.4) is 0 Å². The van der Waals surface area contributed by atoms with E-state index < -0.39 is 10.0 Å². The van der Waals surface area contributed by atoms with Crippen LogP contribution in [0, 0.1) is 0 Å². The van der Waals surface area contributed by atoms with Gasteiger partial charge in [0.1, 0.15) is 11.0 Å². The van der Waals surface area contributed by atoms with Crippen molar-refractivity contribution in [2.75, 3.05) is 4.72 Å². The third-order valence-corrected chi connectivity index (χ3v) is 4.22. The summed E-state index contributed by atoms with van der Waals surface area (Å²) in [6.45, 7) is 0. The molecule has 0 aliphatic heterocycles. The molecule has 0 unspecified atom stereocenters. The highest BCUT2D eigenvalue weighted by atomic mass is 79.9. The van der Waals surface area contributed by atoms with E-state index in [4.69, 9.17) is 23.2 Å². The fraction of sp³-hybridized carbons (Fsp3) is 0. The van der Waals surface area contributed by atoms with Crippen LogP contribution >= 0.6 is 39.1 Å². The van der Waals surface area contributed by atoms with Crippen LogP contribution in [0.2, 0.25) is 10.4 Å². The maximum Gasteiger partial charge on any atom is 0.263 e. The molecule has 0 saturated heterocycles. The third-order valence-electron chi connectivity index (χ3n) is 2.01. The Morgan fingerprint density at radius 2 is 1.89 bits per heavy atom. The Labute approximate surface area is 128 Å². The summed E-state index contributed by atoms with van der Waals surface area (Å²) in [7, 11) is -3.76. The van der Waals surface area contributed by atoms with Crippen LogP contribution in [0.1, 0.15) is 0 Å². The molecule has 1 aromatic heterocycles. The van der Waals surface area contributed by atoms with E-state index >= 15 is 0 Å². The Balaban J connectivity index is 2.36. The molecule has 1 aromatic carbocycles. The van der Waals surface area contributed by atoms with Gasteiger partial charge in [0.2, 0.25) is 5.28 Å². The van der Waals surface area contributed by atoms with Crippen LogP contribution < -0.4 is 4.72 Å². The highest BCUT2D eigenvalue weighted by Gasteiger charge is 2.16. The lowest BCUT2D eigenvalue weighted by Crippen LogP contribution is -2.14. The quantitative estimate of drug-likeness (QED) is 0.652. The van der Waals surface area contributed by atoms with Crippen LogP contribution in [0.5, 0.6) is 0 Å². The van der Waals surface area contributed by atoms with Crippen molar-refractivity contribution in [3.8, 4) is 0 Å². The SMILES string of the molecule is O=S(=O)(Nc1cc(Cl)nc(Cl)n1)c1cccc(Br)c1. The maximum absolute atomic E-state index is 12.1. The first-order valence-electron chi connectivity index (χ1n) is 4.85. The van der Waals surface area contributed by atoms with E-state index in [2.05, 4.69) is 30.6 Å². The van der Waals surface area contributed by atoms with E-state index in [0.717, 1.165) is 0 Å². The number of sulfonamides is 1. The Morgan fingerprint density at radius 1 is 1.16 bits per heavy atom. The smallest absolute Gasteiger partial charge is 0.263 e. The largest absolute Gasteiger partial charge is 0.263 e. The topological polar surface area (TPSA) is 72.0 Å². The van der Waals surface area contributed by atoms with Gasteiger partial charge in [0.15, 0.2) is 0 Å². The molecule has 2 aromatic rings. The summed E-state index contributed by atoms with van der Waals surface area (Å²) in [5, 5.41) is -0.0913. The van der Waals surface area contributed by atoms with Crippen molar-refractivity contribution in [1.29, 1.82) is 0 Å². The van der Waals surface area contributed by atoms with Gasteiger partial charge in [0, 0.05) is 10.5 Å². The average molecular weight is 383 g/mol. The number of anilines is 1. The van der Waals surface area contributed by atoms with Gasteiger partial charge < -0.3 is 0 Å². The lowest BCUT2D eigenvalue weighted by molar-refractivity contribution is 0.601. The van der Waals surface area contributed by atoms with Crippen LogP contribution in [-0.4, -0.2) is 18.4 Å². The number of rotatable bonds is 3.